The average molecular weight is 293 g/mol. The van der Waals surface area contributed by atoms with Crippen molar-refractivity contribution >= 4 is 28.9 Å². The number of nitrogens with zero attached hydrogens (tertiary/aromatic N) is 3. The monoisotopic (exact) mass is 293 g/mol. The Hall–Kier alpha value is -2.22. The lowest BCUT2D eigenvalue weighted by Gasteiger charge is -2.05. The van der Waals surface area contributed by atoms with Crippen LogP contribution in [0.25, 0.3) is 11.2 Å². The van der Waals surface area contributed by atoms with Crippen LogP contribution in [0.3, 0.4) is 0 Å². The molecule has 2 N–H and O–H groups in total. The molecular weight excluding hydrogens is 284 g/mol. The lowest BCUT2D eigenvalue weighted by molar-refractivity contribution is 0.577. The number of nitrogens with one attached hydrogen (secondary N) is 2. The molecule has 2 heterocycles. The average Bonchev–Trinajstić information content (AvgIpc) is 2.91. The van der Waals surface area contributed by atoms with E-state index in [1.165, 1.54) is 6.33 Å². The van der Waals surface area contributed by atoms with E-state index < -0.39 is 11.6 Å². The van der Waals surface area contributed by atoms with E-state index in [-0.39, 0.29) is 4.90 Å². The normalized spacial score (nSPS) is 10.9. The topological polar surface area (TPSA) is 66.5 Å². The minimum atomic E-state index is -0.506. The number of rotatable bonds is 3. The van der Waals surface area contributed by atoms with Gasteiger partial charge in [-0.2, -0.15) is 4.98 Å². The number of halogens is 2. The van der Waals surface area contributed by atoms with Crippen molar-refractivity contribution in [2.45, 2.75) is 9.92 Å². The molecule has 0 saturated heterocycles. The van der Waals surface area contributed by atoms with Gasteiger partial charge in [0.2, 0.25) is 5.95 Å². The number of anilines is 1. The van der Waals surface area contributed by atoms with E-state index >= 15 is 0 Å². The maximum atomic E-state index is 13.7. The standard InChI is InChI=1S/C12H9F2N5S/c1-15-12-18-10-9(16-5-17-10)11(19-12)20-8-4-6(13)2-3-7(8)14/h2-5H,1H3,(H2,15,16,17,18,19). The van der Waals surface area contributed by atoms with Crippen molar-refractivity contribution in [2.75, 3.05) is 12.4 Å². The van der Waals surface area contributed by atoms with Crippen molar-refractivity contribution in [3.63, 3.8) is 0 Å². The van der Waals surface area contributed by atoms with Gasteiger partial charge in [0.05, 0.1) is 11.2 Å². The molecule has 0 bridgehead atoms. The largest absolute Gasteiger partial charge is 0.357 e. The van der Waals surface area contributed by atoms with Gasteiger partial charge in [-0.15, -0.1) is 0 Å². The van der Waals surface area contributed by atoms with E-state index in [1.54, 1.807) is 7.05 Å². The van der Waals surface area contributed by atoms with Crippen LogP contribution in [-0.2, 0) is 0 Å². The molecule has 0 aliphatic carbocycles. The summed E-state index contributed by atoms with van der Waals surface area (Å²) in [6, 6.07) is 3.29. The Bertz CT molecular complexity index is 774. The summed E-state index contributed by atoms with van der Waals surface area (Å²) in [5, 5.41) is 3.28. The lowest BCUT2D eigenvalue weighted by Crippen LogP contribution is -1.98. The van der Waals surface area contributed by atoms with Gasteiger partial charge in [0.25, 0.3) is 0 Å². The van der Waals surface area contributed by atoms with Gasteiger partial charge in [-0.3, -0.25) is 0 Å². The van der Waals surface area contributed by atoms with Crippen LogP contribution in [0.4, 0.5) is 14.7 Å². The van der Waals surface area contributed by atoms with E-state index in [2.05, 4.69) is 25.3 Å². The summed E-state index contributed by atoms with van der Waals surface area (Å²) >= 11 is 1.01. The van der Waals surface area contributed by atoms with E-state index in [0.717, 1.165) is 30.0 Å². The first kappa shape index (κ1) is 12.8. The van der Waals surface area contributed by atoms with Crippen LogP contribution in [0.5, 0.6) is 0 Å². The summed E-state index contributed by atoms with van der Waals surface area (Å²) < 4.78 is 26.9. The molecule has 20 heavy (non-hydrogen) atoms. The molecule has 0 radical (unpaired) electrons. The molecule has 0 unspecified atom stereocenters. The molecule has 0 aliphatic heterocycles. The number of benzene rings is 1. The Labute approximate surface area is 116 Å². The second kappa shape index (κ2) is 5.04. The van der Waals surface area contributed by atoms with Crippen LogP contribution in [0.1, 0.15) is 0 Å². The fourth-order valence-electron chi connectivity index (χ4n) is 1.65. The third kappa shape index (κ3) is 2.29. The zero-order chi connectivity index (χ0) is 14.1. The first-order valence-corrected chi connectivity index (χ1v) is 6.51. The molecule has 3 rings (SSSR count). The Morgan fingerprint density at radius 3 is 2.90 bits per heavy atom. The minimum absolute atomic E-state index is 0.154. The Kier molecular flexibility index (Phi) is 3.23. The molecular formula is C12H9F2N5S. The SMILES string of the molecule is CNc1nc(Sc2cc(F)ccc2F)c2[nH]cnc2n1. The van der Waals surface area contributed by atoms with Gasteiger partial charge in [-0.1, -0.05) is 11.8 Å². The van der Waals surface area contributed by atoms with Crippen LogP contribution >= 0.6 is 11.8 Å². The van der Waals surface area contributed by atoms with Crippen molar-refractivity contribution in [2.24, 2.45) is 0 Å². The summed E-state index contributed by atoms with van der Waals surface area (Å²) in [6.07, 6.45) is 1.48. The molecule has 2 aromatic heterocycles. The van der Waals surface area contributed by atoms with Gasteiger partial charge < -0.3 is 10.3 Å². The van der Waals surface area contributed by atoms with Crippen molar-refractivity contribution in [3.8, 4) is 0 Å². The van der Waals surface area contributed by atoms with Crippen LogP contribution in [-0.4, -0.2) is 27.0 Å². The third-order valence-corrected chi connectivity index (χ3v) is 3.60. The van der Waals surface area contributed by atoms with Gasteiger partial charge in [0.1, 0.15) is 22.2 Å². The van der Waals surface area contributed by atoms with Gasteiger partial charge >= 0.3 is 0 Å². The number of H-pyrrole nitrogens is 1. The van der Waals surface area contributed by atoms with Gasteiger partial charge in [-0.25, -0.2) is 18.7 Å². The fraction of sp³-hybridized carbons (Fsp3) is 0.0833. The molecule has 102 valence electrons. The summed E-state index contributed by atoms with van der Waals surface area (Å²) in [5.74, 6) is -0.643. The lowest BCUT2D eigenvalue weighted by atomic mass is 10.3. The maximum absolute atomic E-state index is 13.7. The molecule has 0 spiro atoms. The van der Waals surface area contributed by atoms with E-state index in [9.17, 15) is 8.78 Å². The smallest absolute Gasteiger partial charge is 0.225 e. The van der Waals surface area contributed by atoms with Crippen LogP contribution in [0.15, 0.2) is 34.4 Å². The number of aromatic amines is 1. The summed E-state index contributed by atoms with van der Waals surface area (Å²) in [7, 11) is 1.67. The fourth-order valence-corrected chi connectivity index (χ4v) is 2.58. The predicted molar refractivity (Wildman–Crippen MR) is 71.7 cm³/mol. The predicted octanol–water partition coefficient (Wildman–Crippen LogP) is 2.82. The highest BCUT2D eigenvalue weighted by Gasteiger charge is 2.13. The van der Waals surface area contributed by atoms with Gasteiger partial charge in [0, 0.05) is 7.05 Å². The van der Waals surface area contributed by atoms with Crippen LogP contribution in [0.2, 0.25) is 0 Å². The highest BCUT2D eigenvalue weighted by Crippen LogP contribution is 2.32. The maximum Gasteiger partial charge on any atom is 0.225 e. The number of hydrogen-bond acceptors (Lipinski definition) is 5. The zero-order valence-corrected chi connectivity index (χ0v) is 11.1. The van der Waals surface area contributed by atoms with Crippen molar-refractivity contribution < 1.29 is 8.78 Å². The quantitative estimate of drug-likeness (QED) is 0.727. The highest BCUT2D eigenvalue weighted by molar-refractivity contribution is 7.99. The van der Waals surface area contributed by atoms with Crippen LogP contribution < -0.4 is 5.32 Å². The molecule has 0 aliphatic rings. The second-order valence-electron chi connectivity index (χ2n) is 3.88. The Morgan fingerprint density at radius 2 is 2.10 bits per heavy atom. The first-order chi connectivity index (χ1) is 9.67. The Balaban J connectivity index is 2.09. The first-order valence-electron chi connectivity index (χ1n) is 5.69. The molecule has 3 aromatic rings. The Morgan fingerprint density at radius 1 is 1.25 bits per heavy atom. The number of hydrogen-bond donors (Lipinski definition) is 2. The third-order valence-electron chi connectivity index (χ3n) is 2.58. The van der Waals surface area contributed by atoms with Crippen LogP contribution in [0, 0.1) is 11.6 Å². The molecule has 5 nitrogen and oxygen atoms in total. The van der Waals surface area contributed by atoms with Crippen molar-refractivity contribution in [3.05, 3.63) is 36.2 Å². The molecule has 0 fully saturated rings. The van der Waals surface area contributed by atoms with E-state index in [4.69, 9.17) is 0 Å². The molecule has 1 aromatic carbocycles. The zero-order valence-electron chi connectivity index (χ0n) is 10.3. The summed E-state index contributed by atoms with van der Waals surface area (Å²) in [4.78, 5) is 15.5. The van der Waals surface area contributed by atoms with Crippen molar-refractivity contribution in [1.29, 1.82) is 0 Å². The highest BCUT2D eigenvalue weighted by atomic mass is 32.2. The molecule has 0 atom stereocenters. The van der Waals surface area contributed by atoms with Crippen molar-refractivity contribution in [1.82, 2.24) is 19.9 Å². The van der Waals surface area contributed by atoms with E-state index in [0.29, 0.717) is 22.1 Å². The van der Waals surface area contributed by atoms with Gasteiger partial charge in [-0.05, 0) is 18.2 Å². The summed E-state index contributed by atoms with van der Waals surface area (Å²) in [5.41, 5.74) is 1.04. The number of fused-ring (bicyclic) bond motifs is 1. The number of imidazole rings is 1. The molecule has 0 saturated carbocycles. The molecule has 8 heteroatoms. The second-order valence-corrected chi connectivity index (χ2v) is 4.91. The molecule has 0 amide bonds. The van der Waals surface area contributed by atoms with Gasteiger partial charge in [0.15, 0.2) is 5.65 Å². The number of aromatic nitrogens is 4. The minimum Gasteiger partial charge on any atom is -0.357 e. The summed E-state index contributed by atoms with van der Waals surface area (Å²) in [6.45, 7) is 0. The van der Waals surface area contributed by atoms with E-state index in [1.807, 2.05) is 0 Å².